The second-order valence-corrected chi connectivity index (χ2v) is 4.35. The van der Waals surface area contributed by atoms with E-state index < -0.39 is 4.92 Å². The molecule has 1 unspecified atom stereocenters. The molecule has 0 saturated carbocycles. The van der Waals surface area contributed by atoms with Crippen molar-refractivity contribution < 1.29 is 4.92 Å². The lowest BCUT2D eigenvalue weighted by molar-refractivity contribution is -0.383. The molecule has 1 aromatic rings. The minimum Gasteiger partial charge on any atom is -0.378 e. The summed E-state index contributed by atoms with van der Waals surface area (Å²) in [4.78, 5) is 19.8. The molecule has 0 radical (unpaired) electrons. The van der Waals surface area contributed by atoms with Crippen LogP contribution in [0.4, 0.5) is 17.3 Å². The number of rotatable bonds is 6. The fraction of sp³-hybridized carbons (Fsp3) is 0.600. The molecule has 1 atom stereocenters. The van der Waals surface area contributed by atoms with Gasteiger partial charge in [0.2, 0.25) is 11.6 Å². The van der Waals surface area contributed by atoms with Crippen molar-refractivity contribution in [3.8, 4) is 0 Å². The second kappa shape index (κ2) is 6.10. The van der Waals surface area contributed by atoms with Crippen LogP contribution in [0.5, 0.6) is 0 Å². The van der Waals surface area contributed by atoms with Gasteiger partial charge in [0.25, 0.3) is 0 Å². The number of nitrogen functional groups attached to an aromatic ring is 1. The summed E-state index contributed by atoms with van der Waals surface area (Å²) in [6.07, 6.45) is 2.05. The van der Waals surface area contributed by atoms with Crippen LogP contribution < -0.4 is 11.1 Å². The molecular formula is C10H18N6O2. The number of aromatic nitrogens is 2. The highest BCUT2D eigenvalue weighted by Gasteiger charge is 2.21. The van der Waals surface area contributed by atoms with E-state index in [-0.39, 0.29) is 23.4 Å². The lowest BCUT2D eigenvalue weighted by Crippen LogP contribution is -2.24. The zero-order valence-electron chi connectivity index (χ0n) is 10.8. The van der Waals surface area contributed by atoms with Gasteiger partial charge in [-0.2, -0.15) is 0 Å². The number of hydrogen-bond donors (Lipinski definition) is 2. The van der Waals surface area contributed by atoms with Crippen LogP contribution >= 0.6 is 0 Å². The van der Waals surface area contributed by atoms with E-state index in [2.05, 4.69) is 15.3 Å². The molecule has 8 heteroatoms. The van der Waals surface area contributed by atoms with Crippen molar-refractivity contribution in [2.75, 3.05) is 31.7 Å². The number of nitrogens with one attached hydrogen (secondary N) is 1. The molecular weight excluding hydrogens is 236 g/mol. The Balaban J connectivity index is 2.78. The molecule has 0 spiro atoms. The van der Waals surface area contributed by atoms with Crippen molar-refractivity contribution >= 4 is 17.3 Å². The number of nitro groups is 1. The van der Waals surface area contributed by atoms with Crippen molar-refractivity contribution in [2.45, 2.75) is 19.4 Å². The van der Waals surface area contributed by atoms with Crippen LogP contribution in [0.2, 0.25) is 0 Å². The van der Waals surface area contributed by atoms with E-state index in [1.54, 1.807) is 0 Å². The first kappa shape index (κ1) is 14.1. The first-order valence-electron chi connectivity index (χ1n) is 5.58. The zero-order valence-corrected chi connectivity index (χ0v) is 10.8. The zero-order chi connectivity index (χ0) is 13.7. The number of nitrogens with zero attached hydrogens (tertiary/aromatic N) is 4. The third-order valence-corrected chi connectivity index (χ3v) is 2.43. The van der Waals surface area contributed by atoms with Crippen LogP contribution in [-0.4, -0.2) is 46.5 Å². The summed E-state index contributed by atoms with van der Waals surface area (Å²) >= 11 is 0. The van der Waals surface area contributed by atoms with E-state index in [9.17, 15) is 10.1 Å². The fourth-order valence-corrected chi connectivity index (χ4v) is 1.44. The molecule has 0 amide bonds. The van der Waals surface area contributed by atoms with E-state index in [4.69, 9.17) is 5.73 Å². The summed E-state index contributed by atoms with van der Waals surface area (Å²) in [6, 6.07) is 0.0559. The molecule has 0 saturated heterocycles. The molecule has 18 heavy (non-hydrogen) atoms. The fourth-order valence-electron chi connectivity index (χ4n) is 1.44. The van der Waals surface area contributed by atoms with Gasteiger partial charge in [0.15, 0.2) is 0 Å². The van der Waals surface area contributed by atoms with Crippen LogP contribution in [-0.2, 0) is 0 Å². The number of anilines is 2. The van der Waals surface area contributed by atoms with Gasteiger partial charge >= 0.3 is 5.69 Å². The van der Waals surface area contributed by atoms with E-state index in [1.807, 2.05) is 25.9 Å². The highest BCUT2D eigenvalue weighted by atomic mass is 16.6. The van der Waals surface area contributed by atoms with Crippen molar-refractivity contribution in [3.05, 3.63) is 16.4 Å². The summed E-state index contributed by atoms with van der Waals surface area (Å²) in [5, 5.41) is 13.9. The topological polar surface area (TPSA) is 110 Å². The van der Waals surface area contributed by atoms with Crippen LogP contribution in [0.3, 0.4) is 0 Å². The molecule has 0 fully saturated rings. The normalized spacial score (nSPS) is 12.4. The third kappa shape index (κ3) is 3.81. The molecule has 0 aromatic carbocycles. The molecule has 1 aromatic heterocycles. The Morgan fingerprint density at radius 1 is 1.56 bits per heavy atom. The maximum Gasteiger partial charge on any atom is 0.352 e. The van der Waals surface area contributed by atoms with Gasteiger partial charge < -0.3 is 16.0 Å². The largest absolute Gasteiger partial charge is 0.378 e. The highest BCUT2D eigenvalue weighted by Crippen LogP contribution is 2.26. The van der Waals surface area contributed by atoms with Gasteiger partial charge in [0, 0.05) is 6.04 Å². The van der Waals surface area contributed by atoms with Crippen LogP contribution in [0.1, 0.15) is 13.3 Å². The molecule has 8 nitrogen and oxygen atoms in total. The van der Waals surface area contributed by atoms with Gasteiger partial charge in [0.05, 0.1) is 4.92 Å². The molecule has 0 aliphatic carbocycles. The maximum atomic E-state index is 10.9. The smallest absolute Gasteiger partial charge is 0.352 e. The van der Waals surface area contributed by atoms with Crippen LogP contribution in [0.25, 0.3) is 0 Å². The van der Waals surface area contributed by atoms with Gasteiger partial charge in [0.1, 0.15) is 6.33 Å². The average Bonchev–Trinajstić information content (AvgIpc) is 2.26. The van der Waals surface area contributed by atoms with Crippen molar-refractivity contribution in [2.24, 2.45) is 0 Å². The Kier molecular flexibility index (Phi) is 4.78. The lowest BCUT2D eigenvalue weighted by Gasteiger charge is -2.17. The van der Waals surface area contributed by atoms with E-state index in [1.165, 1.54) is 6.33 Å². The Bertz CT molecular complexity index is 423. The summed E-state index contributed by atoms with van der Waals surface area (Å²) in [7, 11) is 3.94. The average molecular weight is 254 g/mol. The minimum absolute atomic E-state index is 0.0559. The molecule has 1 rings (SSSR count). The Morgan fingerprint density at radius 3 is 2.78 bits per heavy atom. The minimum atomic E-state index is -0.573. The standard InChI is InChI=1S/C10H18N6O2/c1-7(4-5-15(2)3)14-10-8(16(17)18)9(11)12-6-13-10/h6-7H,4-5H2,1-3H3,(H3,11,12,13,14). The first-order valence-corrected chi connectivity index (χ1v) is 5.58. The van der Waals surface area contributed by atoms with Crippen molar-refractivity contribution in [1.29, 1.82) is 0 Å². The SMILES string of the molecule is CC(CCN(C)C)Nc1ncnc(N)c1[N+](=O)[O-]. The predicted octanol–water partition coefficient (Wildman–Crippen LogP) is 0.719. The Morgan fingerprint density at radius 2 is 2.22 bits per heavy atom. The predicted molar refractivity (Wildman–Crippen MR) is 69.4 cm³/mol. The van der Waals surface area contributed by atoms with Crippen molar-refractivity contribution in [3.63, 3.8) is 0 Å². The number of nitrogens with two attached hydrogens (primary N) is 1. The quantitative estimate of drug-likeness (QED) is 0.568. The monoisotopic (exact) mass is 254 g/mol. The summed E-state index contributed by atoms with van der Waals surface area (Å²) < 4.78 is 0. The van der Waals surface area contributed by atoms with Gasteiger partial charge in [-0.25, -0.2) is 9.97 Å². The van der Waals surface area contributed by atoms with E-state index >= 15 is 0 Å². The van der Waals surface area contributed by atoms with Gasteiger partial charge in [-0.05, 0) is 34.0 Å². The Labute approximate surface area is 105 Å². The first-order chi connectivity index (χ1) is 8.41. The summed E-state index contributed by atoms with van der Waals surface area (Å²) in [6.45, 7) is 2.81. The molecule has 1 heterocycles. The Hall–Kier alpha value is -1.96. The van der Waals surface area contributed by atoms with Gasteiger partial charge in [-0.1, -0.05) is 0 Å². The van der Waals surface area contributed by atoms with Gasteiger partial charge in [-0.3, -0.25) is 10.1 Å². The molecule has 0 bridgehead atoms. The maximum absolute atomic E-state index is 10.9. The second-order valence-electron chi connectivity index (χ2n) is 4.35. The van der Waals surface area contributed by atoms with Crippen molar-refractivity contribution in [1.82, 2.24) is 14.9 Å². The summed E-state index contributed by atoms with van der Waals surface area (Å²) in [5.41, 5.74) is 5.21. The third-order valence-electron chi connectivity index (χ3n) is 2.43. The molecule has 0 aliphatic rings. The molecule has 3 N–H and O–H groups in total. The molecule has 100 valence electrons. The van der Waals surface area contributed by atoms with Crippen LogP contribution in [0, 0.1) is 10.1 Å². The lowest BCUT2D eigenvalue weighted by atomic mass is 10.2. The van der Waals surface area contributed by atoms with Gasteiger partial charge in [-0.15, -0.1) is 0 Å². The highest BCUT2D eigenvalue weighted by molar-refractivity contribution is 5.67. The van der Waals surface area contributed by atoms with E-state index in [0.29, 0.717) is 0 Å². The number of hydrogen-bond acceptors (Lipinski definition) is 7. The van der Waals surface area contributed by atoms with Crippen LogP contribution in [0.15, 0.2) is 6.33 Å². The molecule has 0 aliphatic heterocycles. The van der Waals surface area contributed by atoms with E-state index in [0.717, 1.165) is 13.0 Å². The summed E-state index contributed by atoms with van der Waals surface area (Å²) in [5.74, 6) is 0.0380.